The third-order valence-electron chi connectivity index (χ3n) is 5.19. The van der Waals surface area contributed by atoms with Gasteiger partial charge in [-0.2, -0.15) is 13.2 Å². The summed E-state index contributed by atoms with van der Waals surface area (Å²) < 4.78 is 38.4. The normalized spacial score (nSPS) is 38.0. The fourth-order valence-electron chi connectivity index (χ4n) is 4.00. The van der Waals surface area contributed by atoms with E-state index in [1.807, 2.05) is 4.90 Å². The van der Waals surface area contributed by atoms with Crippen LogP contribution in [0.25, 0.3) is 0 Å². The van der Waals surface area contributed by atoms with Crippen LogP contribution in [0.4, 0.5) is 13.2 Å². The van der Waals surface area contributed by atoms with Gasteiger partial charge in [0.15, 0.2) is 0 Å². The monoisotopic (exact) mass is 290 g/mol. The fraction of sp³-hybridized carbons (Fsp3) is 0.929. The number of nitrogens with zero attached hydrogens (tertiary/aromatic N) is 1. The summed E-state index contributed by atoms with van der Waals surface area (Å²) in [7, 11) is 0. The maximum absolute atomic E-state index is 12.8. The number of rotatable bonds is 1. The molecule has 0 aromatic heterocycles. The lowest BCUT2D eigenvalue weighted by atomic mass is 9.80. The van der Waals surface area contributed by atoms with Crippen LogP contribution < -0.4 is 5.32 Å². The molecule has 0 spiro atoms. The standard InChI is InChI=1S/C14H21F3N2O/c15-14(16,17)12-3-1-2-9(4-12)13(20)19-7-10-5-18-6-11(10)8-19/h9-12,18H,1-8H2/t9?,10-,11+,12?. The van der Waals surface area contributed by atoms with E-state index in [2.05, 4.69) is 5.32 Å². The second-order valence-corrected chi connectivity index (χ2v) is 6.52. The van der Waals surface area contributed by atoms with E-state index >= 15 is 0 Å². The number of likely N-dealkylation sites (tertiary alicyclic amines) is 1. The topological polar surface area (TPSA) is 32.3 Å². The molecule has 3 rings (SSSR count). The Bertz CT molecular complexity index is 373. The molecule has 1 aliphatic carbocycles. The highest BCUT2D eigenvalue weighted by Crippen LogP contribution is 2.41. The van der Waals surface area contributed by atoms with Gasteiger partial charge in [0, 0.05) is 32.1 Å². The van der Waals surface area contributed by atoms with Crippen LogP contribution in [0.2, 0.25) is 0 Å². The molecule has 114 valence electrons. The summed E-state index contributed by atoms with van der Waals surface area (Å²) in [6, 6.07) is 0. The number of nitrogens with one attached hydrogen (secondary N) is 1. The van der Waals surface area contributed by atoms with Crippen molar-refractivity contribution >= 4 is 5.91 Å². The molecule has 20 heavy (non-hydrogen) atoms. The quantitative estimate of drug-likeness (QED) is 0.801. The predicted octanol–water partition coefficient (Wildman–Crippen LogP) is 2.03. The highest BCUT2D eigenvalue weighted by atomic mass is 19.4. The molecule has 6 heteroatoms. The van der Waals surface area contributed by atoms with Crippen molar-refractivity contribution in [3.05, 3.63) is 0 Å². The molecule has 2 aliphatic heterocycles. The maximum atomic E-state index is 12.8. The van der Waals surface area contributed by atoms with Crippen LogP contribution in [0.15, 0.2) is 0 Å². The Labute approximate surface area is 116 Å². The minimum absolute atomic E-state index is 0.00752. The Morgan fingerprint density at radius 2 is 1.75 bits per heavy atom. The van der Waals surface area contributed by atoms with Crippen molar-refractivity contribution in [2.75, 3.05) is 26.2 Å². The number of carbonyl (C=O) groups excluding carboxylic acids is 1. The van der Waals surface area contributed by atoms with Gasteiger partial charge in [0.25, 0.3) is 0 Å². The van der Waals surface area contributed by atoms with E-state index in [0.717, 1.165) is 26.2 Å². The van der Waals surface area contributed by atoms with Gasteiger partial charge in [0.2, 0.25) is 5.91 Å². The van der Waals surface area contributed by atoms with E-state index in [0.29, 0.717) is 24.7 Å². The number of alkyl halides is 3. The Morgan fingerprint density at radius 3 is 2.35 bits per heavy atom. The highest BCUT2D eigenvalue weighted by molar-refractivity contribution is 5.79. The molecule has 0 aromatic rings. The summed E-state index contributed by atoms with van der Waals surface area (Å²) in [5.41, 5.74) is 0. The summed E-state index contributed by atoms with van der Waals surface area (Å²) in [5, 5.41) is 3.30. The zero-order chi connectivity index (χ0) is 14.3. The summed E-state index contributed by atoms with van der Waals surface area (Å²) in [4.78, 5) is 14.3. The second-order valence-electron chi connectivity index (χ2n) is 6.52. The van der Waals surface area contributed by atoms with Gasteiger partial charge in [-0.05, 0) is 31.1 Å². The van der Waals surface area contributed by atoms with Crippen LogP contribution in [-0.2, 0) is 4.79 Å². The average Bonchev–Trinajstić information content (AvgIpc) is 2.97. The summed E-state index contributed by atoms with van der Waals surface area (Å²) >= 11 is 0. The van der Waals surface area contributed by atoms with Crippen molar-refractivity contribution in [3.8, 4) is 0 Å². The molecular weight excluding hydrogens is 269 g/mol. The van der Waals surface area contributed by atoms with Gasteiger partial charge in [-0.1, -0.05) is 6.42 Å². The largest absolute Gasteiger partial charge is 0.391 e. The van der Waals surface area contributed by atoms with Crippen molar-refractivity contribution in [1.29, 1.82) is 0 Å². The van der Waals surface area contributed by atoms with E-state index < -0.39 is 18.0 Å². The Hall–Kier alpha value is -0.780. The van der Waals surface area contributed by atoms with E-state index in [9.17, 15) is 18.0 Å². The molecule has 1 saturated carbocycles. The molecule has 0 radical (unpaired) electrons. The van der Waals surface area contributed by atoms with Crippen LogP contribution in [0.3, 0.4) is 0 Å². The maximum Gasteiger partial charge on any atom is 0.391 e. The number of hydrogen-bond acceptors (Lipinski definition) is 2. The summed E-state index contributed by atoms with van der Waals surface area (Å²) in [6.07, 6.45) is -2.84. The third kappa shape index (κ3) is 2.67. The lowest BCUT2D eigenvalue weighted by Crippen LogP contribution is -2.40. The minimum Gasteiger partial charge on any atom is -0.342 e. The average molecular weight is 290 g/mol. The lowest BCUT2D eigenvalue weighted by molar-refractivity contribution is -0.187. The predicted molar refractivity (Wildman–Crippen MR) is 67.9 cm³/mol. The van der Waals surface area contributed by atoms with Gasteiger partial charge in [-0.25, -0.2) is 0 Å². The molecule has 2 heterocycles. The Morgan fingerprint density at radius 1 is 1.10 bits per heavy atom. The number of amides is 1. The summed E-state index contributed by atoms with van der Waals surface area (Å²) in [6.45, 7) is 3.32. The first-order valence-electron chi connectivity index (χ1n) is 7.51. The van der Waals surface area contributed by atoms with Gasteiger partial charge < -0.3 is 10.2 Å². The van der Waals surface area contributed by atoms with E-state index in [1.165, 1.54) is 0 Å². The van der Waals surface area contributed by atoms with Crippen molar-refractivity contribution in [2.45, 2.75) is 31.9 Å². The van der Waals surface area contributed by atoms with Crippen LogP contribution in [0, 0.1) is 23.7 Å². The van der Waals surface area contributed by atoms with Crippen LogP contribution in [0.1, 0.15) is 25.7 Å². The van der Waals surface area contributed by atoms with Crippen molar-refractivity contribution < 1.29 is 18.0 Å². The fourth-order valence-corrected chi connectivity index (χ4v) is 4.00. The SMILES string of the molecule is O=C(C1CCCC(C(F)(F)F)C1)N1C[C@H]2CNC[C@H]2C1. The second kappa shape index (κ2) is 5.20. The van der Waals surface area contributed by atoms with Crippen LogP contribution >= 0.6 is 0 Å². The number of carbonyl (C=O) groups is 1. The van der Waals surface area contributed by atoms with Crippen LogP contribution in [-0.4, -0.2) is 43.2 Å². The molecule has 0 aromatic carbocycles. The molecule has 3 nitrogen and oxygen atoms in total. The number of fused-ring (bicyclic) bond motifs is 1. The van der Waals surface area contributed by atoms with Gasteiger partial charge >= 0.3 is 6.18 Å². The molecule has 3 fully saturated rings. The first-order chi connectivity index (χ1) is 9.45. The van der Waals surface area contributed by atoms with Crippen molar-refractivity contribution in [1.82, 2.24) is 10.2 Å². The molecule has 1 amide bonds. The highest BCUT2D eigenvalue weighted by Gasteiger charge is 2.46. The lowest BCUT2D eigenvalue weighted by Gasteiger charge is -2.32. The number of hydrogen-bond donors (Lipinski definition) is 1. The number of halogens is 3. The Balaban J connectivity index is 1.60. The van der Waals surface area contributed by atoms with Gasteiger partial charge in [-0.15, -0.1) is 0 Å². The molecule has 0 bridgehead atoms. The molecule has 2 unspecified atom stereocenters. The zero-order valence-electron chi connectivity index (χ0n) is 11.5. The minimum atomic E-state index is -4.15. The van der Waals surface area contributed by atoms with E-state index in [-0.39, 0.29) is 18.7 Å². The first-order valence-corrected chi connectivity index (χ1v) is 7.51. The molecule has 2 saturated heterocycles. The summed E-state index contributed by atoms with van der Waals surface area (Å²) in [5.74, 6) is -0.730. The molecule has 1 N–H and O–H groups in total. The first kappa shape index (κ1) is 14.2. The van der Waals surface area contributed by atoms with Gasteiger partial charge in [0.1, 0.15) is 0 Å². The zero-order valence-corrected chi connectivity index (χ0v) is 11.5. The molecular formula is C14H21F3N2O. The van der Waals surface area contributed by atoms with E-state index in [1.54, 1.807) is 0 Å². The van der Waals surface area contributed by atoms with Crippen LogP contribution in [0.5, 0.6) is 0 Å². The molecule has 4 atom stereocenters. The van der Waals surface area contributed by atoms with Crippen molar-refractivity contribution in [3.63, 3.8) is 0 Å². The van der Waals surface area contributed by atoms with E-state index in [4.69, 9.17) is 0 Å². The smallest absolute Gasteiger partial charge is 0.342 e. The van der Waals surface area contributed by atoms with Gasteiger partial charge in [0.05, 0.1) is 5.92 Å². The molecule has 3 aliphatic rings. The van der Waals surface area contributed by atoms with Crippen molar-refractivity contribution in [2.24, 2.45) is 23.7 Å². The van der Waals surface area contributed by atoms with Gasteiger partial charge in [-0.3, -0.25) is 4.79 Å². The Kier molecular flexibility index (Phi) is 3.69. The third-order valence-corrected chi connectivity index (χ3v) is 5.19.